The smallest absolute Gasteiger partial charge is 0.407 e. The van der Waals surface area contributed by atoms with Gasteiger partial charge in [0.2, 0.25) is 10.0 Å². The van der Waals surface area contributed by atoms with E-state index in [1.54, 1.807) is 27.8 Å². The summed E-state index contributed by atoms with van der Waals surface area (Å²) in [6, 6.07) is 0. The number of nitrogens with zero attached hydrogens (tertiary/aromatic N) is 2. The van der Waals surface area contributed by atoms with Crippen molar-refractivity contribution in [3.63, 3.8) is 0 Å². The highest BCUT2D eigenvalue weighted by Gasteiger charge is 2.20. The van der Waals surface area contributed by atoms with Crippen LogP contribution in [0.15, 0.2) is 11.1 Å². The first-order chi connectivity index (χ1) is 9.51. The molecule has 1 rings (SSSR count). The Hall–Kier alpha value is -1.81. The summed E-state index contributed by atoms with van der Waals surface area (Å²) < 4.78 is 32.5. The van der Waals surface area contributed by atoms with E-state index in [9.17, 15) is 13.2 Å². The monoisotopic (exact) mass is 319 g/mol. The van der Waals surface area contributed by atoms with Crippen molar-refractivity contribution in [2.24, 2.45) is 7.05 Å². The fourth-order valence-corrected chi connectivity index (χ4v) is 2.57. The molecule has 0 saturated carbocycles. The number of nitrogen functional groups attached to an aromatic ring is 1. The van der Waals surface area contributed by atoms with Gasteiger partial charge in [-0.15, -0.1) is 0 Å². The van der Waals surface area contributed by atoms with Gasteiger partial charge in [0.25, 0.3) is 0 Å². The second-order valence-electron chi connectivity index (χ2n) is 5.38. The van der Waals surface area contributed by atoms with E-state index in [0.717, 1.165) is 0 Å². The molecule has 0 aromatic carbocycles. The third kappa shape index (κ3) is 5.60. The Kier molecular flexibility index (Phi) is 5.18. The van der Waals surface area contributed by atoms with Crippen LogP contribution in [0.4, 0.5) is 10.6 Å². The number of rotatable bonds is 5. The predicted molar refractivity (Wildman–Crippen MR) is 77.0 cm³/mol. The molecule has 120 valence electrons. The first-order valence-electron chi connectivity index (χ1n) is 6.27. The van der Waals surface area contributed by atoms with Crippen molar-refractivity contribution < 1.29 is 17.9 Å². The molecule has 1 heterocycles. The summed E-state index contributed by atoms with van der Waals surface area (Å²) in [5.74, 6) is -0.0786. The molecular formula is C11H21N5O4S. The molecule has 4 N–H and O–H groups in total. The molecule has 0 bridgehead atoms. The van der Waals surface area contributed by atoms with Crippen molar-refractivity contribution in [3.8, 4) is 0 Å². The Labute approximate surface area is 123 Å². The number of aromatic nitrogens is 2. The van der Waals surface area contributed by atoms with Crippen LogP contribution < -0.4 is 15.8 Å². The second-order valence-corrected chi connectivity index (χ2v) is 7.11. The average molecular weight is 319 g/mol. The van der Waals surface area contributed by atoms with Gasteiger partial charge < -0.3 is 15.8 Å². The summed E-state index contributed by atoms with van der Waals surface area (Å²) in [6.45, 7) is 5.31. The number of aryl methyl sites for hydroxylation is 1. The van der Waals surface area contributed by atoms with Crippen LogP contribution >= 0.6 is 0 Å². The molecule has 21 heavy (non-hydrogen) atoms. The molecule has 1 aromatic heterocycles. The van der Waals surface area contributed by atoms with E-state index >= 15 is 0 Å². The molecule has 0 aliphatic heterocycles. The maximum absolute atomic E-state index is 12.0. The van der Waals surface area contributed by atoms with Crippen LogP contribution in [-0.4, -0.2) is 43.0 Å². The lowest BCUT2D eigenvalue weighted by atomic mass is 10.2. The Bertz CT molecular complexity index is 603. The summed E-state index contributed by atoms with van der Waals surface area (Å²) in [5, 5.41) is 6.20. The van der Waals surface area contributed by atoms with Gasteiger partial charge in [-0.1, -0.05) is 0 Å². The summed E-state index contributed by atoms with van der Waals surface area (Å²) in [6.07, 6.45) is 0.696. The maximum Gasteiger partial charge on any atom is 0.407 e. The summed E-state index contributed by atoms with van der Waals surface area (Å²) in [5.41, 5.74) is 4.91. The molecule has 0 spiro atoms. The van der Waals surface area contributed by atoms with Crippen molar-refractivity contribution in [2.45, 2.75) is 31.3 Å². The third-order valence-corrected chi connectivity index (χ3v) is 3.67. The highest BCUT2D eigenvalue weighted by atomic mass is 32.2. The summed E-state index contributed by atoms with van der Waals surface area (Å²) in [4.78, 5) is 11.3. The van der Waals surface area contributed by atoms with Crippen molar-refractivity contribution >= 4 is 21.9 Å². The molecular weight excluding hydrogens is 298 g/mol. The largest absolute Gasteiger partial charge is 0.444 e. The highest BCUT2D eigenvalue weighted by molar-refractivity contribution is 7.89. The summed E-state index contributed by atoms with van der Waals surface area (Å²) in [7, 11) is -2.18. The fraction of sp³-hybridized carbons (Fsp3) is 0.636. The molecule has 0 unspecified atom stereocenters. The number of amides is 1. The standard InChI is InChI=1S/C11H21N5O4S/c1-11(2,3)20-10(17)13-5-6-14-21(18,19)8-7-16(4)15-9(8)12/h7,14H,5-6H2,1-4H3,(H2,12,15)(H,13,17). The Balaban J connectivity index is 2.45. The molecule has 9 nitrogen and oxygen atoms in total. The van der Waals surface area contributed by atoms with Gasteiger partial charge in [-0.2, -0.15) is 5.10 Å². The van der Waals surface area contributed by atoms with Crippen LogP contribution in [0.2, 0.25) is 0 Å². The Morgan fingerprint density at radius 2 is 2.05 bits per heavy atom. The van der Waals surface area contributed by atoms with E-state index in [-0.39, 0.29) is 23.8 Å². The van der Waals surface area contributed by atoms with E-state index in [1.807, 2.05) is 0 Å². The van der Waals surface area contributed by atoms with Crippen LogP contribution in [0.1, 0.15) is 20.8 Å². The minimum Gasteiger partial charge on any atom is -0.444 e. The number of sulfonamides is 1. The van der Waals surface area contributed by atoms with E-state index in [1.165, 1.54) is 10.9 Å². The molecule has 10 heteroatoms. The van der Waals surface area contributed by atoms with Crippen LogP contribution in [0.3, 0.4) is 0 Å². The first-order valence-corrected chi connectivity index (χ1v) is 7.75. The normalized spacial score (nSPS) is 12.2. The zero-order chi connectivity index (χ0) is 16.3. The van der Waals surface area contributed by atoms with Gasteiger partial charge in [-0.3, -0.25) is 4.68 Å². The van der Waals surface area contributed by atoms with Crippen molar-refractivity contribution in [1.29, 1.82) is 0 Å². The first kappa shape index (κ1) is 17.2. The van der Waals surface area contributed by atoms with Crippen molar-refractivity contribution in [3.05, 3.63) is 6.20 Å². The quantitative estimate of drug-likeness (QED) is 0.645. The lowest BCUT2D eigenvalue weighted by molar-refractivity contribution is 0.0529. The maximum atomic E-state index is 12.0. The molecule has 0 fully saturated rings. The van der Waals surface area contributed by atoms with Crippen molar-refractivity contribution in [1.82, 2.24) is 19.8 Å². The molecule has 1 aromatic rings. The van der Waals surface area contributed by atoms with Gasteiger partial charge in [-0.25, -0.2) is 17.9 Å². The average Bonchev–Trinajstić information content (AvgIpc) is 2.62. The van der Waals surface area contributed by atoms with Crippen LogP contribution in [0.5, 0.6) is 0 Å². The zero-order valence-electron chi connectivity index (χ0n) is 12.5. The fourth-order valence-electron chi connectivity index (χ4n) is 1.43. The van der Waals surface area contributed by atoms with Gasteiger partial charge in [-0.05, 0) is 20.8 Å². The van der Waals surface area contributed by atoms with Crippen molar-refractivity contribution in [2.75, 3.05) is 18.8 Å². The Morgan fingerprint density at radius 1 is 1.43 bits per heavy atom. The number of alkyl carbamates (subject to hydrolysis) is 1. The minimum atomic E-state index is -3.75. The number of anilines is 1. The van der Waals surface area contributed by atoms with Crippen LogP contribution in [-0.2, 0) is 21.8 Å². The molecule has 0 atom stereocenters. The molecule has 0 aliphatic carbocycles. The number of hydrogen-bond acceptors (Lipinski definition) is 6. The summed E-state index contributed by atoms with van der Waals surface area (Å²) >= 11 is 0. The molecule has 0 saturated heterocycles. The predicted octanol–water partition coefficient (Wildman–Crippen LogP) is -0.195. The van der Waals surface area contributed by atoms with Gasteiger partial charge in [0, 0.05) is 26.3 Å². The minimum absolute atomic E-state index is 0.00983. The number of nitrogens with one attached hydrogen (secondary N) is 2. The SMILES string of the molecule is Cn1cc(S(=O)(=O)NCCNC(=O)OC(C)(C)C)c(N)n1. The van der Waals surface area contributed by atoms with Gasteiger partial charge >= 0.3 is 6.09 Å². The Morgan fingerprint density at radius 3 is 2.52 bits per heavy atom. The molecule has 0 radical (unpaired) electrons. The topological polar surface area (TPSA) is 128 Å². The van der Waals surface area contributed by atoms with E-state index in [0.29, 0.717) is 0 Å². The number of ether oxygens (including phenoxy) is 1. The van der Waals surface area contributed by atoms with Gasteiger partial charge in [0.1, 0.15) is 10.5 Å². The van der Waals surface area contributed by atoms with E-state index < -0.39 is 21.7 Å². The molecule has 0 aliphatic rings. The van der Waals surface area contributed by atoms with E-state index in [4.69, 9.17) is 10.5 Å². The number of nitrogens with two attached hydrogens (primary N) is 1. The van der Waals surface area contributed by atoms with Gasteiger partial charge in [0.05, 0.1) is 0 Å². The number of hydrogen-bond donors (Lipinski definition) is 3. The third-order valence-electron chi connectivity index (χ3n) is 2.20. The van der Waals surface area contributed by atoms with Crippen LogP contribution in [0, 0.1) is 0 Å². The number of carbonyl (C=O) groups is 1. The van der Waals surface area contributed by atoms with Crippen LogP contribution in [0.25, 0.3) is 0 Å². The van der Waals surface area contributed by atoms with Gasteiger partial charge in [0.15, 0.2) is 5.82 Å². The molecule has 1 amide bonds. The number of carbonyl (C=O) groups excluding carboxylic acids is 1. The lowest BCUT2D eigenvalue weighted by Gasteiger charge is -2.19. The van der Waals surface area contributed by atoms with E-state index in [2.05, 4.69) is 15.1 Å². The second kappa shape index (κ2) is 6.31. The zero-order valence-corrected chi connectivity index (χ0v) is 13.3. The highest BCUT2D eigenvalue weighted by Crippen LogP contribution is 2.14. The lowest BCUT2D eigenvalue weighted by Crippen LogP contribution is -2.37.